The van der Waals surface area contributed by atoms with Gasteiger partial charge in [-0.1, -0.05) is 53.9 Å². The van der Waals surface area contributed by atoms with E-state index in [0.717, 1.165) is 48.9 Å². The molecule has 0 aromatic carbocycles. The average molecular weight is 403 g/mol. The monoisotopic (exact) mass is 402 g/mol. The van der Waals surface area contributed by atoms with Crippen molar-refractivity contribution in [3.8, 4) is 0 Å². The lowest BCUT2D eigenvalue weighted by Gasteiger charge is -2.63. The van der Waals surface area contributed by atoms with E-state index in [1.54, 1.807) is 0 Å². The van der Waals surface area contributed by atoms with Crippen molar-refractivity contribution in [2.75, 3.05) is 0 Å². The van der Waals surface area contributed by atoms with E-state index < -0.39 is 5.60 Å². The van der Waals surface area contributed by atoms with Gasteiger partial charge in [0.15, 0.2) is 0 Å². The molecule has 4 aliphatic carbocycles. The van der Waals surface area contributed by atoms with E-state index in [1.807, 2.05) is 0 Å². The van der Waals surface area contributed by atoms with Gasteiger partial charge in [-0.15, -0.1) is 0 Å². The van der Waals surface area contributed by atoms with E-state index in [1.165, 1.54) is 44.9 Å². The van der Waals surface area contributed by atoms with Crippen molar-refractivity contribution in [2.24, 2.45) is 46.3 Å². The standard InChI is InChI=1S/C27H46O2/c1-18(2)7-6-8-19(3)22-9-10-23-21-12-16-27(29)17-20(28)11-15-26(27,5)24(21)13-14-25(22,23)4/h18-19,21-24,29H,6-17H2,1-5H3/t19-,21+,22-,23+,24+,25-,26-,27-/m1/s1. The summed E-state index contributed by atoms with van der Waals surface area (Å²) in [5.74, 6) is 5.11. The highest BCUT2D eigenvalue weighted by Crippen LogP contribution is 2.69. The van der Waals surface area contributed by atoms with Gasteiger partial charge in [-0.05, 0) is 85.9 Å². The third-order valence-electron chi connectivity index (χ3n) is 10.8. The molecule has 0 bridgehead atoms. The van der Waals surface area contributed by atoms with E-state index in [0.29, 0.717) is 30.0 Å². The largest absolute Gasteiger partial charge is 0.389 e. The van der Waals surface area contributed by atoms with Crippen LogP contribution in [0.15, 0.2) is 0 Å². The molecule has 2 nitrogen and oxygen atoms in total. The molecule has 0 unspecified atom stereocenters. The quantitative estimate of drug-likeness (QED) is 0.549. The average Bonchev–Trinajstić information content (AvgIpc) is 2.99. The minimum absolute atomic E-state index is 0.0356. The van der Waals surface area contributed by atoms with E-state index in [4.69, 9.17) is 0 Å². The van der Waals surface area contributed by atoms with Crippen LogP contribution in [0.1, 0.15) is 112 Å². The lowest BCUT2D eigenvalue weighted by molar-refractivity contribution is -0.204. The summed E-state index contributed by atoms with van der Waals surface area (Å²) in [4.78, 5) is 12.1. The Hall–Kier alpha value is -0.370. The highest BCUT2D eigenvalue weighted by molar-refractivity contribution is 5.80. The molecule has 8 atom stereocenters. The second-order valence-corrected chi connectivity index (χ2v) is 12.6. The summed E-state index contributed by atoms with van der Waals surface area (Å²) in [7, 11) is 0. The van der Waals surface area contributed by atoms with Gasteiger partial charge in [-0.2, -0.15) is 0 Å². The van der Waals surface area contributed by atoms with Crippen molar-refractivity contribution < 1.29 is 9.90 Å². The molecule has 4 fully saturated rings. The van der Waals surface area contributed by atoms with Crippen LogP contribution in [0.25, 0.3) is 0 Å². The Labute approximate surface area is 179 Å². The van der Waals surface area contributed by atoms with Crippen molar-refractivity contribution in [3.63, 3.8) is 0 Å². The molecule has 166 valence electrons. The smallest absolute Gasteiger partial charge is 0.135 e. The Balaban J connectivity index is 1.50. The Kier molecular flexibility index (Phi) is 5.76. The van der Waals surface area contributed by atoms with Crippen molar-refractivity contribution >= 4 is 5.78 Å². The number of Topliss-reactive ketones (excluding diaryl/α,β-unsaturated/α-hetero) is 1. The van der Waals surface area contributed by atoms with Crippen molar-refractivity contribution in [1.29, 1.82) is 0 Å². The molecular weight excluding hydrogens is 356 g/mol. The highest BCUT2D eigenvalue weighted by atomic mass is 16.3. The number of hydrogen-bond acceptors (Lipinski definition) is 2. The summed E-state index contributed by atoms with van der Waals surface area (Å²) >= 11 is 0. The minimum Gasteiger partial charge on any atom is -0.389 e. The first-order valence-electron chi connectivity index (χ1n) is 12.8. The van der Waals surface area contributed by atoms with Crippen LogP contribution < -0.4 is 0 Å². The highest BCUT2D eigenvalue weighted by Gasteiger charge is 2.64. The van der Waals surface area contributed by atoms with E-state index in [9.17, 15) is 9.90 Å². The van der Waals surface area contributed by atoms with Gasteiger partial charge in [0.25, 0.3) is 0 Å². The Morgan fingerprint density at radius 1 is 0.966 bits per heavy atom. The third-order valence-corrected chi connectivity index (χ3v) is 10.8. The normalized spacial score (nSPS) is 48.2. The molecule has 0 spiro atoms. The first-order chi connectivity index (χ1) is 13.6. The number of hydrogen-bond donors (Lipinski definition) is 1. The zero-order valence-corrected chi connectivity index (χ0v) is 19.8. The molecule has 0 aromatic rings. The number of carbonyl (C=O) groups is 1. The van der Waals surface area contributed by atoms with Crippen LogP contribution in [-0.4, -0.2) is 16.5 Å². The first kappa shape index (κ1) is 21.8. The molecule has 2 heteroatoms. The number of ketones is 1. The number of rotatable bonds is 5. The van der Waals surface area contributed by atoms with Gasteiger partial charge >= 0.3 is 0 Å². The Bertz CT molecular complexity index is 626. The van der Waals surface area contributed by atoms with Crippen molar-refractivity contribution in [1.82, 2.24) is 0 Å². The fraction of sp³-hybridized carbons (Fsp3) is 0.963. The van der Waals surface area contributed by atoms with Crippen molar-refractivity contribution in [3.05, 3.63) is 0 Å². The molecule has 29 heavy (non-hydrogen) atoms. The molecule has 4 rings (SSSR count). The molecule has 0 heterocycles. The maximum absolute atomic E-state index is 12.1. The number of fused-ring (bicyclic) bond motifs is 5. The zero-order valence-electron chi connectivity index (χ0n) is 19.8. The second kappa shape index (κ2) is 7.64. The van der Waals surface area contributed by atoms with Gasteiger partial charge < -0.3 is 5.11 Å². The fourth-order valence-electron chi connectivity index (χ4n) is 9.06. The summed E-state index contributed by atoms with van der Waals surface area (Å²) in [6, 6.07) is 0. The van der Waals surface area contributed by atoms with E-state index in [2.05, 4.69) is 34.6 Å². The molecule has 4 saturated carbocycles. The minimum atomic E-state index is -0.723. The van der Waals surface area contributed by atoms with Crippen LogP contribution in [0.2, 0.25) is 0 Å². The fourth-order valence-corrected chi connectivity index (χ4v) is 9.06. The third kappa shape index (κ3) is 3.44. The predicted molar refractivity (Wildman–Crippen MR) is 120 cm³/mol. The van der Waals surface area contributed by atoms with Crippen LogP contribution in [0.4, 0.5) is 0 Å². The molecule has 1 N–H and O–H groups in total. The first-order valence-corrected chi connectivity index (χ1v) is 12.8. The number of carbonyl (C=O) groups excluding carboxylic acids is 1. The summed E-state index contributed by atoms with van der Waals surface area (Å²) < 4.78 is 0. The summed E-state index contributed by atoms with van der Waals surface area (Å²) in [5.41, 5.74) is -0.250. The van der Waals surface area contributed by atoms with Gasteiger partial charge in [0.05, 0.1) is 5.60 Å². The van der Waals surface area contributed by atoms with E-state index >= 15 is 0 Å². The molecule has 4 aliphatic rings. The predicted octanol–water partition coefficient (Wildman–Crippen LogP) is 6.79. The van der Waals surface area contributed by atoms with Crippen LogP contribution in [0, 0.1) is 46.3 Å². The zero-order chi connectivity index (χ0) is 21.0. The molecular formula is C27H46O2. The summed E-state index contributed by atoms with van der Waals surface area (Å²) in [6.45, 7) is 12.2. The van der Waals surface area contributed by atoms with Gasteiger partial charge in [-0.3, -0.25) is 4.79 Å². The van der Waals surface area contributed by atoms with Gasteiger partial charge in [0.1, 0.15) is 5.78 Å². The van der Waals surface area contributed by atoms with Gasteiger partial charge in [0, 0.05) is 18.3 Å². The second-order valence-electron chi connectivity index (χ2n) is 12.6. The maximum atomic E-state index is 12.1. The summed E-state index contributed by atoms with van der Waals surface area (Å²) in [6.07, 6.45) is 13.7. The van der Waals surface area contributed by atoms with Crippen LogP contribution >= 0.6 is 0 Å². The van der Waals surface area contributed by atoms with Crippen LogP contribution in [0.3, 0.4) is 0 Å². The number of aliphatic hydroxyl groups is 1. The molecule has 0 aliphatic heterocycles. The lowest BCUT2D eigenvalue weighted by Crippen LogP contribution is -2.62. The molecule has 0 radical (unpaired) electrons. The lowest BCUT2D eigenvalue weighted by atomic mass is 9.43. The summed E-state index contributed by atoms with van der Waals surface area (Å²) in [5, 5.41) is 11.5. The van der Waals surface area contributed by atoms with Crippen molar-refractivity contribution in [2.45, 2.75) is 117 Å². The molecule has 0 aromatic heterocycles. The van der Waals surface area contributed by atoms with Gasteiger partial charge in [0.2, 0.25) is 0 Å². The maximum Gasteiger partial charge on any atom is 0.135 e. The van der Waals surface area contributed by atoms with Crippen LogP contribution in [-0.2, 0) is 4.79 Å². The molecule has 0 saturated heterocycles. The Morgan fingerprint density at radius 3 is 2.45 bits per heavy atom. The molecule has 0 amide bonds. The van der Waals surface area contributed by atoms with Crippen LogP contribution in [0.5, 0.6) is 0 Å². The Morgan fingerprint density at radius 2 is 1.72 bits per heavy atom. The topological polar surface area (TPSA) is 37.3 Å². The SMILES string of the molecule is CC(C)CCC[C@@H](C)[C@H]1CC[C@H]2[C@@H]3CC[C@@]4(O)CC(=O)CC[C@]4(C)[C@H]3CC[C@]12C. The van der Waals surface area contributed by atoms with E-state index in [-0.39, 0.29) is 5.41 Å². The van der Waals surface area contributed by atoms with Gasteiger partial charge in [-0.25, -0.2) is 0 Å².